The normalized spacial score (nSPS) is 11.2. The molecule has 28 heavy (non-hydrogen) atoms. The van der Waals surface area contributed by atoms with E-state index in [9.17, 15) is 8.42 Å². The second-order valence-electron chi connectivity index (χ2n) is 5.97. The highest BCUT2D eigenvalue weighted by atomic mass is 32.2. The minimum Gasteiger partial charge on any atom is -0.367 e. The molecule has 8 nitrogen and oxygen atoms in total. The maximum Gasteiger partial charge on any atom is 0.240 e. The fraction of sp³-hybridized carbons (Fsp3) is 0.211. The van der Waals surface area contributed by atoms with E-state index in [1.807, 2.05) is 37.3 Å². The van der Waals surface area contributed by atoms with Gasteiger partial charge in [-0.1, -0.05) is 25.1 Å². The van der Waals surface area contributed by atoms with Gasteiger partial charge in [0, 0.05) is 19.3 Å². The van der Waals surface area contributed by atoms with Crippen LogP contribution in [0.3, 0.4) is 0 Å². The first kappa shape index (κ1) is 19.7. The molecule has 9 heteroatoms. The van der Waals surface area contributed by atoms with Crippen LogP contribution in [-0.4, -0.2) is 36.7 Å². The Morgan fingerprint density at radius 2 is 1.61 bits per heavy atom. The third-order valence-corrected chi connectivity index (χ3v) is 5.43. The topological polar surface area (TPSA) is 109 Å². The van der Waals surface area contributed by atoms with Crippen LogP contribution in [0, 0.1) is 0 Å². The van der Waals surface area contributed by atoms with Gasteiger partial charge in [0.2, 0.25) is 10.0 Å². The Kier molecular flexibility index (Phi) is 6.51. The fourth-order valence-corrected chi connectivity index (χ4v) is 3.46. The molecule has 0 radical (unpaired) electrons. The van der Waals surface area contributed by atoms with Crippen molar-refractivity contribution >= 4 is 27.5 Å². The number of rotatable bonds is 9. The summed E-state index contributed by atoms with van der Waals surface area (Å²) in [5, 5.41) is 14.2. The number of pyridine rings is 1. The SMILES string of the molecule is CCc1ccc(S(=O)(=O)NCCNc2ccc(Nc3ccccn3)nn2)cc1. The van der Waals surface area contributed by atoms with E-state index in [1.54, 1.807) is 30.5 Å². The molecule has 0 saturated carbocycles. The van der Waals surface area contributed by atoms with Crippen LogP contribution >= 0.6 is 0 Å². The van der Waals surface area contributed by atoms with Crippen molar-refractivity contribution in [3.05, 3.63) is 66.4 Å². The molecule has 0 bridgehead atoms. The predicted octanol–water partition coefficient (Wildman–Crippen LogP) is 2.57. The first-order valence-electron chi connectivity index (χ1n) is 8.91. The molecule has 0 saturated heterocycles. The number of hydrogen-bond acceptors (Lipinski definition) is 7. The van der Waals surface area contributed by atoms with Crippen LogP contribution < -0.4 is 15.4 Å². The van der Waals surface area contributed by atoms with Crippen molar-refractivity contribution in [2.45, 2.75) is 18.2 Å². The highest BCUT2D eigenvalue weighted by Crippen LogP contribution is 2.12. The number of nitrogens with one attached hydrogen (secondary N) is 3. The first-order chi connectivity index (χ1) is 13.6. The summed E-state index contributed by atoms with van der Waals surface area (Å²) < 4.78 is 27.1. The van der Waals surface area contributed by atoms with Crippen LogP contribution in [0.25, 0.3) is 0 Å². The van der Waals surface area contributed by atoms with E-state index in [4.69, 9.17) is 0 Å². The van der Waals surface area contributed by atoms with Crippen molar-refractivity contribution in [1.29, 1.82) is 0 Å². The maximum atomic E-state index is 12.3. The highest BCUT2D eigenvalue weighted by Gasteiger charge is 2.12. The number of benzene rings is 1. The first-order valence-corrected chi connectivity index (χ1v) is 10.4. The molecule has 0 aliphatic rings. The van der Waals surface area contributed by atoms with Crippen molar-refractivity contribution in [2.24, 2.45) is 0 Å². The van der Waals surface area contributed by atoms with Crippen LogP contribution in [0.2, 0.25) is 0 Å². The maximum absolute atomic E-state index is 12.3. The second kappa shape index (κ2) is 9.25. The fourth-order valence-electron chi connectivity index (χ4n) is 2.42. The zero-order valence-corrected chi connectivity index (χ0v) is 16.3. The Morgan fingerprint density at radius 3 is 2.25 bits per heavy atom. The molecule has 0 unspecified atom stereocenters. The van der Waals surface area contributed by atoms with Gasteiger partial charge in [0.25, 0.3) is 0 Å². The summed E-state index contributed by atoms with van der Waals surface area (Å²) in [6.07, 6.45) is 2.56. The lowest BCUT2D eigenvalue weighted by molar-refractivity contribution is 0.583. The molecule has 2 heterocycles. The summed E-state index contributed by atoms with van der Waals surface area (Å²) >= 11 is 0. The highest BCUT2D eigenvalue weighted by molar-refractivity contribution is 7.89. The van der Waals surface area contributed by atoms with Crippen molar-refractivity contribution in [2.75, 3.05) is 23.7 Å². The van der Waals surface area contributed by atoms with Crippen molar-refractivity contribution < 1.29 is 8.42 Å². The number of aromatic nitrogens is 3. The van der Waals surface area contributed by atoms with Gasteiger partial charge in [-0.05, 0) is 48.4 Å². The van der Waals surface area contributed by atoms with Crippen LogP contribution in [0.4, 0.5) is 17.5 Å². The molecule has 1 aromatic carbocycles. The van der Waals surface area contributed by atoms with E-state index in [0.717, 1.165) is 12.0 Å². The van der Waals surface area contributed by atoms with E-state index < -0.39 is 10.0 Å². The Bertz CT molecular complexity index is 977. The number of sulfonamides is 1. The van der Waals surface area contributed by atoms with E-state index >= 15 is 0 Å². The van der Waals surface area contributed by atoms with Gasteiger partial charge in [-0.2, -0.15) is 0 Å². The predicted molar refractivity (Wildman–Crippen MR) is 109 cm³/mol. The van der Waals surface area contributed by atoms with Gasteiger partial charge >= 0.3 is 0 Å². The van der Waals surface area contributed by atoms with E-state index in [-0.39, 0.29) is 11.4 Å². The van der Waals surface area contributed by atoms with Gasteiger partial charge < -0.3 is 10.6 Å². The summed E-state index contributed by atoms with van der Waals surface area (Å²) in [7, 11) is -3.52. The van der Waals surface area contributed by atoms with Crippen LogP contribution in [0.15, 0.2) is 65.7 Å². The molecule has 0 aliphatic carbocycles. The molecule has 0 amide bonds. The Labute approximate surface area is 164 Å². The van der Waals surface area contributed by atoms with Crippen molar-refractivity contribution in [3.63, 3.8) is 0 Å². The lowest BCUT2D eigenvalue weighted by atomic mass is 10.2. The van der Waals surface area contributed by atoms with Crippen molar-refractivity contribution in [1.82, 2.24) is 19.9 Å². The monoisotopic (exact) mass is 398 g/mol. The summed E-state index contributed by atoms with van der Waals surface area (Å²) in [6.45, 7) is 2.64. The lowest BCUT2D eigenvalue weighted by Crippen LogP contribution is -2.29. The molecule has 2 aromatic heterocycles. The molecule has 146 valence electrons. The molecule has 0 spiro atoms. The minimum absolute atomic E-state index is 0.230. The third-order valence-electron chi connectivity index (χ3n) is 3.95. The lowest BCUT2D eigenvalue weighted by Gasteiger charge is -2.09. The van der Waals surface area contributed by atoms with E-state index in [0.29, 0.717) is 24.0 Å². The van der Waals surface area contributed by atoms with Crippen molar-refractivity contribution in [3.8, 4) is 0 Å². The Hall–Kier alpha value is -3.04. The van der Waals surface area contributed by atoms with Gasteiger partial charge in [-0.15, -0.1) is 10.2 Å². The van der Waals surface area contributed by atoms with Gasteiger partial charge in [0.05, 0.1) is 4.90 Å². The van der Waals surface area contributed by atoms with Gasteiger partial charge in [0.15, 0.2) is 5.82 Å². The van der Waals surface area contributed by atoms with Gasteiger partial charge in [0.1, 0.15) is 11.6 Å². The second-order valence-corrected chi connectivity index (χ2v) is 7.73. The Morgan fingerprint density at radius 1 is 0.857 bits per heavy atom. The van der Waals surface area contributed by atoms with Gasteiger partial charge in [-0.3, -0.25) is 0 Å². The molecular weight excluding hydrogens is 376 g/mol. The quantitative estimate of drug-likeness (QED) is 0.475. The number of hydrogen-bond donors (Lipinski definition) is 3. The van der Waals surface area contributed by atoms with E-state index in [1.165, 1.54) is 0 Å². The average molecular weight is 398 g/mol. The standard InChI is InChI=1S/C19H22N6O2S/c1-2-15-6-8-16(9-7-15)28(26,27)22-14-13-21-18-10-11-19(25-24-18)23-17-5-3-4-12-20-17/h3-12,22H,2,13-14H2,1H3,(H,21,24)(H,20,23,25). The van der Waals surface area contributed by atoms with Crippen LogP contribution in [-0.2, 0) is 16.4 Å². The molecule has 3 aromatic rings. The summed E-state index contributed by atoms with van der Waals surface area (Å²) in [5.74, 6) is 1.80. The number of anilines is 3. The zero-order valence-electron chi connectivity index (χ0n) is 15.5. The largest absolute Gasteiger partial charge is 0.367 e. The summed E-state index contributed by atoms with van der Waals surface area (Å²) in [4.78, 5) is 4.41. The van der Waals surface area contributed by atoms with Gasteiger partial charge in [-0.25, -0.2) is 18.1 Å². The zero-order chi connectivity index (χ0) is 19.8. The smallest absolute Gasteiger partial charge is 0.240 e. The molecule has 3 rings (SSSR count). The number of nitrogens with zero attached hydrogens (tertiary/aromatic N) is 3. The molecule has 3 N–H and O–H groups in total. The molecule has 0 fully saturated rings. The summed E-state index contributed by atoms with van der Waals surface area (Å²) in [6, 6.07) is 15.9. The summed E-state index contributed by atoms with van der Waals surface area (Å²) in [5.41, 5.74) is 1.10. The van der Waals surface area contributed by atoms with Crippen LogP contribution in [0.5, 0.6) is 0 Å². The Balaban J connectivity index is 1.46. The third kappa shape index (κ3) is 5.48. The minimum atomic E-state index is -3.52. The van der Waals surface area contributed by atoms with Crippen LogP contribution in [0.1, 0.15) is 12.5 Å². The molecular formula is C19H22N6O2S. The average Bonchev–Trinajstić information content (AvgIpc) is 2.73. The molecule has 0 atom stereocenters. The van der Waals surface area contributed by atoms with E-state index in [2.05, 4.69) is 30.5 Å². The number of aryl methyl sites for hydroxylation is 1. The molecule has 0 aliphatic heterocycles.